The minimum atomic E-state index is -0.864. The third-order valence-electron chi connectivity index (χ3n) is 6.70. The summed E-state index contributed by atoms with van der Waals surface area (Å²) in [4.78, 5) is 31.1. The quantitative estimate of drug-likeness (QED) is 0.648. The lowest BCUT2D eigenvalue weighted by molar-refractivity contribution is -0.164. The molecule has 28 heavy (non-hydrogen) atoms. The maximum absolute atomic E-state index is 12.5. The van der Waals surface area contributed by atoms with Gasteiger partial charge in [0.25, 0.3) is 0 Å². The van der Waals surface area contributed by atoms with Crippen LogP contribution in [-0.2, 0) is 25.5 Å². The summed E-state index contributed by atoms with van der Waals surface area (Å²) >= 11 is 0. The number of H-pyrrole nitrogens is 1. The van der Waals surface area contributed by atoms with Crippen molar-refractivity contribution in [2.24, 2.45) is 17.8 Å². The first-order valence-corrected chi connectivity index (χ1v) is 10.1. The molecule has 1 fully saturated rings. The fourth-order valence-corrected chi connectivity index (χ4v) is 5.28. The number of rotatable bonds is 4. The van der Waals surface area contributed by atoms with Crippen LogP contribution in [0.5, 0.6) is 0 Å². The van der Waals surface area contributed by atoms with Crippen molar-refractivity contribution in [1.82, 2.24) is 9.88 Å². The number of carbonyl (C=O) groups is 2. The molecule has 2 aliphatic heterocycles. The average Bonchev–Trinajstić information content (AvgIpc) is 3.12. The second-order valence-corrected chi connectivity index (χ2v) is 7.92. The minimum Gasteiger partial charge on any atom is -0.468 e. The first kappa shape index (κ1) is 19.0. The zero-order chi connectivity index (χ0) is 19.8. The Balaban J connectivity index is 1.72. The van der Waals surface area contributed by atoms with E-state index >= 15 is 0 Å². The molecular formula is C22H28N2O4. The second-order valence-electron chi connectivity index (χ2n) is 7.92. The molecule has 0 spiro atoms. The maximum atomic E-state index is 12.5. The van der Waals surface area contributed by atoms with E-state index in [0.29, 0.717) is 0 Å². The van der Waals surface area contributed by atoms with Gasteiger partial charge in [0, 0.05) is 29.7 Å². The summed E-state index contributed by atoms with van der Waals surface area (Å²) in [5.41, 5.74) is 3.76. The van der Waals surface area contributed by atoms with Crippen LogP contribution in [0.25, 0.3) is 10.9 Å². The molecule has 4 rings (SSSR count). The fourth-order valence-electron chi connectivity index (χ4n) is 5.28. The Morgan fingerprint density at radius 3 is 2.61 bits per heavy atom. The van der Waals surface area contributed by atoms with Crippen LogP contribution in [0.15, 0.2) is 24.3 Å². The molecule has 3 atom stereocenters. The minimum absolute atomic E-state index is 0.0940. The lowest BCUT2D eigenvalue weighted by Gasteiger charge is -2.47. The van der Waals surface area contributed by atoms with Crippen LogP contribution < -0.4 is 0 Å². The summed E-state index contributed by atoms with van der Waals surface area (Å²) in [6, 6.07) is 8.58. The van der Waals surface area contributed by atoms with Crippen molar-refractivity contribution >= 4 is 22.8 Å². The summed E-state index contributed by atoms with van der Waals surface area (Å²) in [7, 11) is 2.68. The zero-order valence-corrected chi connectivity index (χ0v) is 16.7. The number of nitrogens with one attached hydrogen (secondary N) is 1. The first-order valence-electron chi connectivity index (χ1n) is 10.1. The predicted octanol–water partition coefficient (Wildman–Crippen LogP) is 3.08. The molecule has 2 aliphatic rings. The molecule has 0 saturated carbocycles. The topological polar surface area (TPSA) is 71.6 Å². The Hall–Kier alpha value is -2.34. The van der Waals surface area contributed by atoms with Crippen LogP contribution in [0.3, 0.4) is 0 Å². The van der Waals surface area contributed by atoms with Gasteiger partial charge in [0.1, 0.15) is 0 Å². The van der Waals surface area contributed by atoms with E-state index in [1.807, 2.05) is 6.07 Å². The summed E-state index contributed by atoms with van der Waals surface area (Å²) in [6.07, 6.45) is 2.68. The van der Waals surface area contributed by atoms with E-state index < -0.39 is 17.9 Å². The SMILES string of the molecule is CC[C@H]1CN2CCc3c([nH]c4ccccc34)[C@H]2C[C@@H]1C(C(=O)OC)C(=O)OC. The maximum Gasteiger partial charge on any atom is 0.320 e. The van der Waals surface area contributed by atoms with Gasteiger partial charge in [-0.2, -0.15) is 0 Å². The number of hydrogen-bond donors (Lipinski definition) is 1. The third kappa shape index (κ3) is 3.00. The van der Waals surface area contributed by atoms with E-state index in [-0.39, 0.29) is 17.9 Å². The Labute approximate surface area is 165 Å². The first-order chi connectivity index (χ1) is 13.6. The van der Waals surface area contributed by atoms with E-state index in [1.165, 1.54) is 30.9 Å². The second kappa shape index (κ2) is 7.59. The van der Waals surface area contributed by atoms with Crippen molar-refractivity contribution in [2.75, 3.05) is 27.3 Å². The van der Waals surface area contributed by atoms with Gasteiger partial charge >= 0.3 is 11.9 Å². The number of benzene rings is 1. The molecule has 0 radical (unpaired) electrons. The number of ether oxygens (including phenoxy) is 2. The number of aromatic amines is 1. The smallest absolute Gasteiger partial charge is 0.320 e. The molecule has 0 unspecified atom stereocenters. The predicted molar refractivity (Wildman–Crippen MR) is 106 cm³/mol. The van der Waals surface area contributed by atoms with Gasteiger partial charge < -0.3 is 14.5 Å². The van der Waals surface area contributed by atoms with Crippen LogP contribution in [0.1, 0.15) is 37.1 Å². The normalized spacial score (nSPS) is 24.6. The lowest BCUT2D eigenvalue weighted by Crippen LogP contribution is -2.50. The molecule has 0 amide bonds. The van der Waals surface area contributed by atoms with E-state index in [9.17, 15) is 9.59 Å². The number of esters is 2. The van der Waals surface area contributed by atoms with Crippen LogP contribution in [0.4, 0.5) is 0 Å². The van der Waals surface area contributed by atoms with Gasteiger partial charge in [0.05, 0.1) is 20.3 Å². The molecule has 150 valence electrons. The largest absolute Gasteiger partial charge is 0.468 e. The number of hydrogen-bond acceptors (Lipinski definition) is 5. The molecule has 1 aromatic carbocycles. The van der Waals surface area contributed by atoms with Gasteiger partial charge in [-0.15, -0.1) is 0 Å². The van der Waals surface area contributed by atoms with Crippen molar-refractivity contribution < 1.29 is 19.1 Å². The van der Waals surface area contributed by atoms with Gasteiger partial charge in [0.2, 0.25) is 0 Å². The Bertz CT molecular complexity index is 874. The average molecular weight is 384 g/mol. The standard InChI is InChI=1S/C22H28N2O4/c1-4-13-12-24-10-9-15-14-7-5-6-8-17(14)23-20(15)18(24)11-16(13)19(21(25)27-2)22(26)28-3/h5-8,13,16,18-19,23H,4,9-12H2,1-3H3/t13-,16-,18+/m0/s1. The molecule has 2 aromatic rings. The van der Waals surface area contributed by atoms with E-state index in [4.69, 9.17) is 9.47 Å². The van der Waals surface area contributed by atoms with Gasteiger partial charge in [-0.3, -0.25) is 14.5 Å². The molecule has 6 nitrogen and oxygen atoms in total. The zero-order valence-electron chi connectivity index (χ0n) is 16.7. The van der Waals surface area contributed by atoms with Crippen molar-refractivity contribution in [1.29, 1.82) is 0 Å². The monoisotopic (exact) mass is 384 g/mol. The molecule has 0 aliphatic carbocycles. The number of carbonyl (C=O) groups excluding carboxylic acids is 2. The highest BCUT2D eigenvalue weighted by Crippen LogP contribution is 2.46. The number of piperidine rings is 1. The summed E-state index contributed by atoms with van der Waals surface area (Å²) in [6.45, 7) is 4.01. The summed E-state index contributed by atoms with van der Waals surface area (Å²) in [5.74, 6) is -1.68. The number of nitrogens with zero attached hydrogens (tertiary/aromatic N) is 1. The molecule has 1 saturated heterocycles. The highest BCUT2D eigenvalue weighted by atomic mass is 16.5. The molecule has 1 aromatic heterocycles. The van der Waals surface area contributed by atoms with Crippen molar-refractivity contribution in [2.45, 2.75) is 32.2 Å². The highest BCUT2D eigenvalue weighted by molar-refractivity contribution is 5.95. The Morgan fingerprint density at radius 2 is 1.93 bits per heavy atom. The molecule has 0 bridgehead atoms. The van der Waals surface area contributed by atoms with Gasteiger partial charge in [-0.1, -0.05) is 31.5 Å². The molecule has 3 heterocycles. The highest BCUT2D eigenvalue weighted by Gasteiger charge is 2.47. The number of para-hydroxylation sites is 1. The van der Waals surface area contributed by atoms with Gasteiger partial charge in [-0.05, 0) is 36.3 Å². The lowest BCUT2D eigenvalue weighted by atomic mass is 9.71. The summed E-state index contributed by atoms with van der Waals surface area (Å²) in [5, 5.41) is 1.28. The molecule has 6 heteroatoms. The van der Waals surface area contributed by atoms with E-state index in [1.54, 1.807) is 0 Å². The van der Waals surface area contributed by atoms with Crippen LogP contribution in [0.2, 0.25) is 0 Å². The molecule has 1 N–H and O–H groups in total. The number of methoxy groups -OCH3 is 2. The van der Waals surface area contributed by atoms with E-state index in [0.717, 1.165) is 37.9 Å². The summed E-state index contributed by atoms with van der Waals surface area (Å²) < 4.78 is 9.95. The number of fused-ring (bicyclic) bond motifs is 5. The fraction of sp³-hybridized carbons (Fsp3) is 0.545. The third-order valence-corrected chi connectivity index (χ3v) is 6.70. The van der Waals surface area contributed by atoms with Gasteiger partial charge in [-0.25, -0.2) is 0 Å². The van der Waals surface area contributed by atoms with Crippen molar-refractivity contribution in [3.05, 3.63) is 35.5 Å². The van der Waals surface area contributed by atoms with Crippen molar-refractivity contribution in [3.63, 3.8) is 0 Å². The Kier molecular flexibility index (Phi) is 5.15. The van der Waals surface area contributed by atoms with Crippen LogP contribution in [0, 0.1) is 17.8 Å². The van der Waals surface area contributed by atoms with E-state index in [2.05, 4.69) is 35.0 Å². The molecular weight excluding hydrogens is 356 g/mol. The number of aromatic nitrogens is 1. The Morgan fingerprint density at radius 1 is 1.21 bits per heavy atom. The van der Waals surface area contributed by atoms with Crippen LogP contribution in [-0.4, -0.2) is 49.1 Å². The van der Waals surface area contributed by atoms with Crippen molar-refractivity contribution in [3.8, 4) is 0 Å². The van der Waals surface area contributed by atoms with Gasteiger partial charge in [0.15, 0.2) is 5.92 Å². The van der Waals surface area contributed by atoms with Crippen LogP contribution >= 0.6 is 0 Å².